The molecule has 4 rings (SSSR count). The number of amides is 1. The van der Waals surface area contributed by atoms with Crippen molar-refractivity contribution in [3.8, 4) is 5.69 Å². The van der Waals surface area contributed by atoms with Crippen LogP contribution in [-0.2, 0) is 11.2 Å². The number of rotatable bonds is 5. The quantitative estimate of drug-likeness (QED) is 0.620. The maximum absolute atomic E-state index is 12.9. The lowest BCUT2D eigenvalue weighted by Crippen LogP contribution is -2.34. The summed E-state index contributed by atoms with van der Waals surface area (Å²) in [6.45, 7) is 2.02. The van der Waals surface area contributed by atoms with E-state index < -0.39 is 0 Å². The molecule has 0 aliphatic heterocycles. The summed E-state index contributed by atoms with van der Waals surface area (Å²) in [5, 5.41) is 12.6. The fourth-order valence-corrected chi connectivity index (χ4v) is 4.56. The minimum absolute atomic E-state index is 0.0889. The van der Waals surface area contributed by atoms with Crippen LogP contribution < -0.4 is 0 Å². The summed E-state index contributed by atoms with van der Waals surface area (Å²) in [4.78, 5) is 14.8. The van der Waals surface area contributed by atoms with Crippen LogP contribution in [0.1, 0.15) is 35.6 Å². The zero-order chi connectivity index (χ0) is 19.5. The summed E-state index contributed by atoms with van der Waals surface area (Å²) in [7, 11) is 1.90. The van der Waals surface area contributed by atoms with Crippen molar-refractivity contribution in [2.45, 2.75) is 37.4 Å². The molecule has 0 bridgehead atoms. The number of hydrogen-bond donors (Lipinski definition) is 0. The molecule has 1 amide bonds. The fourth-order valence-electron chi connectivity index (χ4n) is 3.75. The van der Waals surface area contributed by atoms with E-state index in [0.717, 1.165) is 30.5 Å². The lowest BCUT2D eigenvalue weighted by atomic mass is 9.87. The summed E-state index contributed by atoms with van der Waals surface area (Å²) < 4.78 is 1.70. The predicted molar refractivity (Wildman–Crippen MR) is 110 cm³/mol. The van der Waals surface area contributed by atoms with E-state index >= 15 is 0 Å². The average Bonchev–Trinajstić information content (AvgIpc) is 3.19. The van der Waals surface area contributed by atoms with Gasteiger partial charge in [-0.15, -0.1) is 5.10 Å². The van der Waals surface area contributed by atoms with E-state index in [4.69, 9.17) is 0 Å². The molecule has 1 heterocycles. The van der Waals surface area contributed by atoms with E-state index in [1.54, 1.807) is 4.68 Å². The van der Waals surface area contributed by atoms with Gasteiger partial charge >= 0.3 is 0 Å². The molecule has 28 heavy (non-hydrogen) atoms. The number of nitrogens with zero attached hydrogens (tertiary/aromatic N) is 5. The molecule has 0 fully saturated rings. The molecular weight excluding hydrogens is 370 g/mol. The number of para-hydroxylation sites is 1. The maximum atomic E-state index is 12.9. The standard InChI is InChI=1S/C21H23N5OS/c1-15-8-3-6-12-18(15)26-21(22-23-24-26)28-14-20(27)25(2)19-13-7-10-16-9-4-5-11-17(16)19/h3-6,8-9,11-12,19H,7,10,13-14H2,1-2H3/t19-/m1/s1. The molecule has 1 atom stereocenters. The second-order valence-corrected chi connectivity index (χ2v) is 8.00. The third-order valence-corrected chi connectivity index (χ3v) is 6.21. The Morgan fingerprint density at radius 1 is 1.21 bits per heavy atom. The highest BCUT2D eigenvalue weighted by Crippen LogP contribution is 2.34. The number of carbonyl (C=O) groups is 1. The zero-order valence-electron chi connectivity index (χ0n) is 16.1. The molecule has 0 radical (unpaired) electrons. The van der Waals surface area contributed by atoms with Crippen LogP contribution in [-0.4, -0.2) is 43.8 Å². The molecule has 6 nitrogen and oxygen atoms in total. The Bertz CT molecular complexity index is 986. The van der Waals surface area contributed by atoms with Crippen molar-refractivity contribution in [3.63, 3.8) is 0 Å². The van der Waals surface area contributed by atoms with Gasteiger partial charge in [0, 0.05) is 7.05 Å². The molecule has 0 spiro atoms. The Hall–Kier alpha value is -2.67. The molecular formula is C21H23N5OS. The summed E-state index contributed by atoms with van der Waals surface area (Å²) in [6, 6.07) is 16.5. The highest BCUT2D eigenvalue weighted by atomic mass is 32.2. The highest BCUT2D eigenvalue weighted by molar-refractivity contribution is 7.99. The van der Waals surface area contributed by atoms with Crippen molar-refractivity contribution < 1.29 is 4.79 Å². The van der Waals surface area contributed by atoms with Crippen LogP contribution in [0.3, 0.4) is 0 Å². The van der Waals surface area contributed by atoms with Gasteiger partial charge < -0.3 is 4.90 Å². The molecule has 1 aromatic heterocycles. The minimum atomic E-state index is 0.0889. The number of hydrogen-bond acceptors (Lipinski definition) is 5. The first-order chi connectivity index (χ1) is 13.6. The van der Waals surface area contributed by atoms with Gasteiger partial charge in [-0.1, -0.05) is 54.2 Å². The first kappa shape index (κ1) is 18.7. The smallest absolute Gasteiger partial charge is 0.233 e. The van der Waals surface area contributed by atoms with Gasteiger partial charge in [0.2, 0.25) is 11.1 Å². The van der Waals surface area contributed by atoms with Crippen LogP contribution in [0.25, 0.3) is 5.69 Å². The van der Waals surface area contributed by atoms with Crippen molar-refractivity contribution >= 4 is 17.7 Å². The predicted octanol–water partition coefficient (Wildman–Crippen LogP) is 3.60. The van der Waals surface area contributed by atoms with Gasteiger partial charge in [0.15, 0.2) is 0 Å². The molecule has 0 saturated carbocycles. The van der Waals surface area contributed by atoms with Gasteiger partial charge in [0.25, 0.3) is 0 Å². The maximum Gasteiger partial charge on any atom is 0.233 e. The normalized spacial score (nSPS) is 15.9. The van der Waals surface area contributed by atoms with Crippen LogP contribution >= 0.6 is 11.8 Å². The number of tetrazole rings is 1. The van der Waals surface area contributed by atoms with Gasteiger partial charge in [-0.2, -0.15) is 4.68 Å². The van der Waals surface area contributed by atoms with Gasteiger partial charge in [0.1, 0.15) is 0 Å². The van der Waals surface area contributed by atoms with E-state index in [1.807, 2.05) is 43.1 Å². The highest BCUT2D eigenvalue weighted by Gasteiger charge is 2.26. The fraction of sp³-hybridized carbons (Fsp3) is 0.333. The SMILES string of the molecule is Cc1ccccc1-n1nnnc1SCC(=O)N(C)[C@@H]1CCCc2ccccc21. The third kappa shape index (κ3) is 3.67. The average molecular weight is 394 g/mol. The molecule has 1 aliphatic rings. The second-order valence-electron chi connectivity index (χ2n) is 7.06. The van der Waals surface area contributed by atoms with Crippen molar-refractivity contribution in [1.82, 2.24) is 25.1 Å². The van der Waals surface area contributed by atoms with Crippen LogP contribution in [0, 0.1) is 6.92 Å². The summed E-state index contributed by atoms with van der Waals surface area (Å²) >= 11 is 1.37. The number of fused-ring (bicyclic) bond motifs is 1. The lowest BCUT2D eigenvalue weighted by molar-refractivity contribution is -0.129. The van der Waals surface area contributed by atoms with E-state index in [2.05, 4.69) is 39.8 Å². The summed E-state index contributed by atoms with van der Waals surface area (Å²) in [6.07, 6.45) is 3.21. The van der Waals surface area contributed by atoms with Gasteiger partial charge in [-0.25, -0.2) is 0 Å². The van der Waals surface area contributed by atoms with E-state index in [9.17, 15) is 4.79 Å². The number of aromatic nitrogens is 4. The van der Waals surface area contributed by atoms with E-state index in [0.29, 0.717) is 10.9 Å². The van der Waals surface area contributed by atoms with Crippen molar-refractivity contribution in [2.75, 3.05) is 12.8 Å². The summed E-state index contributed by atoms with van der Waals surface area (Å²) in [5.41, 5.74) is 4.64. The molecule has 2 aromatic carbocycles. The number of carbonyl (C=O) groups excluding carboxylic acids is 1. The van der Waals surface area contributed by atoms with Gasteiger partial charge in [0.05, 0.1) is 17.5 Å². The Morgan fingerprint density at radius 3 is 2.86 bits per heavy atom. The van der Waals surface area contributed by atoms with Gasteiger partial charge in [-0.3, -0.25) is 4.79 Å². The third-order valence-electron chi connectivity index (χ3n) is 5.31. The minimum Gasteiger partial charge on any atom is -0.338 e. The van der Waals surface area contributed by atoms with Crippen molar-refractivity contribution in [2.24, 2.45) is 0 Å². The number of benzene rings is 2. The molecule has 1 aliphatic carbocycles. The molecule has 7 heteroatoms. The Balaban J connectivity index is 1.46. The monoisotopic (exact) mass is 393 g/mol. The largest absolute Gasteiger partial charge is 0.338 e. The Kier molecular flexibility index (Phi) is 5.43. The molecule has 0 unspecified atom stereocenters. The molecule has 0 N–H and O–H groups in total. The van der Waals surface area contributed by atoms with Crippen LogP contribution in [0.5, 0.6) is 0 Å². The lowest BCUT2D eigenvalue weighted by Gasteiger charge is -2.33. The van der Waals surface area contributed by atoms with Gasteiger partial charge in [-0.05, 0) is 59.4 Å². The Labute approximate surface area is 168 Å². The number of thioether (sulfide) groups is 1. The second kappa shape index (κ2) is 8.14. The number of aryl methyl sites for hydroxylation is 2. The van der Waals surface area contributed by atoms with Crippen LogP contribution in [0.15, 0.2) is 53.7 Å². The molecule has 0 saturated heterocycles. The first-order valence-corrected chi connectivity index (χ1v) is 10.4. The van der Waals surface area contributed by atoms with Crippen LogP contribution in [0.2, 0.25) is 0 Å². The Morgan fingerprint density at radius 2 is 2.00 bits per heavy atom. The van der Waals surface area contributed by atoms with E-state index in [-0.39, 0.29) is 11.9 Å². The van der Waals surface area contributed by atoms with Crippen molar-refractivity contribution in [3.05, 3.63) is 65.2 Å². The van der Waals surface area contributed by atoms with Crippen LogP contribution in [0.4, 0.5) is 0 Å². The molecule has 3 aromatic rings. The van der Waals surface area contributed by atoms with Crippen molar-refractivity contribution in [1.29, 1.82) is 0 Å². The first-order valence-electron chi connectivity index (χ1n) is 9.46. The topological polar surface area (TPSA) is 63.9 Å². The zero-order valence-corrected chi connectivity index (χ0v) is 16.9. The van der Waals surface area contributed by atoms with E-state index in [1.165, 1.54) is 22.9 Å². The molecule has 144 valence electrons. The summed E-state index contributed by atoms with van der Waals surface area (Å²) in [5.74, 6) is 0.396.